The lowest BCUT2D eigenvalue weighted by Crippen LogP contribution is -2.23. The summed E-state index contributed by atoms with van der Waals surface area (Å²) in [5, 5.41) is 3.68. The number of aromatic nitrogens is 2. The Morgan fingerprint density at radius 1 is 1.03 bits per heavy atom. The summed E-state index contributed by atoms with van der Waals surface area (Å²) in [5.41, 5.74) is 7.62. The molecule has 158 valence electrons. The van der Waals surface area contributed by atoms with Gasteiger partial charge in [0.2, 0.25) is 0 Å². The molecule has 2 heterocycles. The lowest BCUT2D eigenvalue weighted by Gasteiger charge is -2.31. The summed E-state index contributed by atoms with van der Waals surface area (Å²) in [7, 11) is 0. The van der Waals surface area contributed by atoms with Crippen molar-refractivity contribution < 1.29 is 4.79 Å². The molecule has 2 aromatic heterocycles. The minimum Gasteiger partial charge on any atom is -0.299 e. The number of aryl methyl sites for hydroxylation is 1. The Hall–Kier alpha value is -3.59. The minimum absolute atomic E-state index is 0.0688. The SMILES string of the molecule is CC(=O)C1Cc2c(ccc3cc(C)ccc23)C2=C1CCC=C2.c1cnc2ccncc2c1. The van der Waals surface area contributed by atoms with Gasteiger partial charge in [-0.05, 0) is 78.8 Å². The second kappa shape index (κ2) is 8.51. The molecule has 0 saturated carbocycles. The van der Waals surface area contributed by atoms with Crippen molar-refractivity contribution in [2.24, 2.45) is 5.92 Å². The van der Waals surface area contributed by atoms with Crippen molar-refractivity contribution in [1.82, 2.24) is 9.97 Å². The van der Waals surface area contributed by atoms with Gasteiger partial charge in [0, 0.05) is 29.9 Å². The van der Waals surface area contributed by atoms with Crippen LogP contribution in [-0.2, 0) is 11.2 Å². The van der Waals surface area contributed by atoms with Gasteiger partial charge in [-0.2, -0.15) is 0 Å². The molecule has 4 aromatic rings. The van der Waals surface area contributed by atoms with Crippen LogP contribution in [0.3, 0.4) is 0 Å². The van der Waals surface area contributed by atoms with Gasteiger partial charge >= 0.3 is 0 Å². The van der Waals surface area contributed by atoms with Crippen molar-refractivity contribution >= 4 is 33.0 Å². The van der Waals surface area contributed by atoms with Crippen LogP contribution in [0, 0.1) is 12.8 Å². The highest BCUT2D eigenvalue weighted by Crippen LogP contribution is 2.43. The molecule has 0 N–H and O–H groups in total. The van der Waals surface area contributed by atoms with Gasteiger partial charge in [-0.15, -0.1) is 0 Å². The second-order valence-electron chi connectivity index (χ2n) is 8.64. The van der Waals surface area contributed by atoms with Crippen molar-refractivity contribution in [3.8, 4) is 0 Å². The molecule has 2 aliphatic rings. The Morgan fingerprint density at radius 2 is 1.94 bits per heavy atom. The number of Topliss-reactive ketones (excluding diaryl/α,β-unsaturated/α-hetero) is 1. The van der Waals surface area contributed by atoms with E-state index in [2.05, 4.69) is 59.4 Å². The lowest BCUT2D eigenvalue weighted by molar-refractivity contribution is -0.119. The summed E-state index contributed by atoms with van der Waals surface area (Å²) >= 11 is 0. The molecule has 0 spiro atoms. The monoisotopic (exact) mass is 418 g/mol. The Labute approximate surface area is 188 Å². The molecule has 3 heteroatoms. The Kier molecular flexibility index (Phi) is 5.40. The van der Waals surface area contributed by atoms with Gasteiger partial charge < -0.3 is 0 Å². The zero-order valence-electron chi connectivity index (χ0n) is 18.5. The second-order valence-corrected chi connectivity index (χ2v) is 8.64. The minimum atomic E-state index is 0.0688. The number of pyridine rings is 2. The van der Waals surface area contributed by atoms with E-state index in [1.165, 1.54) is 38.6 Å². The molecule has 0 radical (unpaired) electrons. The standard InChI is InChI=1S/C21H20O.C8H6N2/c1-13-7-9-16-15(11-13)8-10-19-17-5-3-4-6-18(17)20(14(2)22)12-21(16)19;1-2-7-6-9-5-3-8(7)10-4-1/h3,5,7-11,20H,4,6,12H2,1-2H3;1-6H. The van der Waals surface area contributed by atoms with E-state index in [0.29, 0.717) is 5.78 Å². The highest BCUT2D eigenvalue weighted by atomic mass is 16.1. The fraction of sp³-hybridized carbons (Fsp3) is 0.207. The summed E-state index contributed by atoms with van der Waals surface area (Å²) in [6.45, 7) is 3.87. The van der Waals surface area contributed by atoms with E-state index in [4.69, 9.17) is 0 Å². The number of nitrogens with zero attached hydrogens (tertiary/aromatic N) is 2. The van der Waals surface area contributed by atoms with Gasteiger partial charge in [-0.1, -0.05) is 53.6 Å². The van der Waals surface area contributed by atoms with Crippen molar-refractivity contribution in [2.75, 3.05) is 0 Å². The molecule has 0 fully saturated rings. The molecule has 32 heavy (non-hydrogen) atoms. The number of carbonyl (C=O) groups excluding carboxylic acids is 1. The van der Waals surface area contributed by atoms with Gasteiger partial charge in [0.15, 0.2) is 0 Å². The van der Waals surface area contributed by atoms with Gasteiger partial charge in [0.1, 0.15) is 5.78 Å². The molecule has 1 unspecified atom stereocenters. The van der Waals surface area contributed by atoms with Crippen LogP contribution in [0.1, 0.15) is 36.5 Å². The normalized spacial score (nSPS) is 16.9. The van der Waals surface area contributed by atoms with Crippen LogP contribution >= 0.6 is 0 Å². The lowest BCUT2D eigenvalue weighted by atomic mass is 9.72. The van der Waals surface area contributed by atoms with Crippen LogP contribution < -0.4 is 0 Å². The van der Waals surface area contributed by atoms with Gasteiger partial charge in [0.25, 0.3) is 0 Å². The molecule has 3 nitrogen and oxygen atoms in total. The summed E-state index contributed by atoms with van der Waals surface area (Å²) in [6.07, 6.45) is 12.8. The van der Waals surface area contributed by atoms with Crippen LogP contribution in [0.25, 0.3) is 27.2 Å². The zero-order valence-corrected chi connectivity index (χ0v) is 18.5. The quantitative estimate of drug-likeness (QED) is 0.348. The summed E-state index contributed by atoms with van der Waals surface area (Å²) in [4.78, 5) is 20.3. The molecule has 6 rings (SSSR count). The number of hydrogen-bond acceptors (Lipinski definition) is 3. The van der Waals surface area contributed by atoms with Crippen LogP contribution in [0.4, 0.5) is 0 Å². The van der Waals surface area contributed by atoms with Crippen LogP contribution in [0.15, 0.2) is 84.8 Å². The maximum atomic E-state index is 12.2. The molecule has 2 aromatic carbocycles. The summed E-state index contributed by atoms with van der Waals surface area (Å²) < 4.78 is 0. The Balaban J connectivity index is 0.000000180. The number of rotatable bonds is 1. The molecule has 2 aliphatic carbocycles. The molecule has 1 atom stereocenters. The fourth-order valence-electron chi connectivity index (χ4n) is 4.92. The average Bonchev–Trinajstić information content (AvgIpc) is 2.83. The van der Waals surface area contributed by atoms with Gasteiger partial charge in [-0.25, -0.2) is 0 Å². The zero-order chi connectivity index (χ0) is 22.1. The first-order chi connectivity index (χ1) is 15.6. The number of hydrogen-bond donors (Lipinski definition) is 0. The van der Waals surface area contributed by atoms with Crippen LogP contribution in [-0.4, -0.2) is 15.8 Å². The highest BCUT2D eigenvalue weighted by Gasteiger charge is 2.30. The first-order valence-electron chi connectivity index (χ1n) is 11.2. The van der Waals surface area contributed by atoms with E-state index in [1.807, 2.05) is 24.4 Å². The molecule has 0 aliphatic heterocycles. The third-order valence-corrected chi connectivity index (χ3v) is 6.51. The Morgan fingerprint density at radius 3 is 2.78 bits per heavy atom. The smallest absolute Gasteiger partial charge is 0.137 e. The number of carbonyl (C=O) groups is 1. The third-order valence-electron chi connectivity index (χ3n) is 6.51. The number of allylic oxidation sites excluding steroid dienone is 4. The highest BCUT2D eigenvalue weighted by molar-refractivity contribution is 5.97. The van der Waals surface area contributed by atoms with E-state index in [1.54, 1.807) is 19.3 Å². The van der Waals surface area contributed by atoms with E-state index in [9.17, 15) is 4.79 Å². The predicted molar refractivity (Wildman–Crippen MR) is 131 cm³/mol. The van der Waals surface area contributed by atoms with Crippen molar-refractivity contribution in [2.45, 2.75) is 33.1 Å². The van der Waals surface area contributed by atoms with Crippen LogP contribution in [0.5, 0.6) is 0 Å². The first-order valence-corrected chi connectivity index (χ1v) is 11.2. The Bertz CT molecular complexity index is 1330. The number of benzene rings is 2. The van der Waals surface area contributed by atoms with E-state index in [-0.39, 0.29) is 5.92 Å². The van der Waals surface area contributed by atoms with Crippen LogP contribution in [0.2, 0.25) is 0 Å². The van der Waals surface area contributed by atoms with Crippen molar-refractivity contribution in [3.05, 3.63) is 102 Å². The van der Waals surface area contributed by atoms with E-state index < -0.39 is 0 Å². The maximum absolute atomic E-state index is 12.2. The fourth-order valence-corrected chi connectivity index (χ4v) is 4.92. The summed E-state index contributed by atoms with van der Waals surface area (Å²) in [5.74, 6) is 0.372. The first kappa shape index (κ1) is 20.3. The molecule has 0 bridgehead atoms. The van der Waals surface area contributed by atoms with Crippen molar-refractivity contribution in [3.63, 3.8) is 0 Å². The number of fused-ring (bicyclic) bond motifs is 5. The van der Waals surface area contributed by atoms with E-state index in [0.717, 1.165) is 30.2 Å². The molecule has 0 saturated heterocycles. The topological polar surface area (TPSA) is 42.9 Å². The molecule has 0 amide bonds. The van der Waals surface area contributed by atoms with Crippen molar-refractivity contribution in [1.29, 1.82) is 0 Å². The van der Waals surface area contributed by atoms with E-state index >= 15 is 0 Å². The van der Waals surface area contributed by atoms with Gasteiger partial charge in [0.05, 0.1) is 5.52 Å². The summed E-state index contributed by atoms with van der Waals surface area (Å²) in [6, 6.07) is 16.9. The maximum Gasteiger partial charge on any atom is 0.137 e. The molecular formula is C29H26N2O. The largest absolute Gasteiger partial charge is 0.299 e. The average molecular weight is 419 g/mol. The third kappa shape index (κ3) is 3.75. The predicted octanol–water partition coefficient (Wildman–Crippen LogP) is 6.64. The van der Waals surface area contributed by atoms with Gasteiger partial charge in [-0.3, -0.25) is 14.8 Å². The number of ketones is 1. The molecular weight excluding hydrogens is 392 g/mol.